The largest absolute Gasteiger partial charge is 0.364 e. The Morgan fingerprint density at radius 3 is 2.71 bits per heavy atom. The number of nitrogens with zero attached hydrogens (tertiary/aromatic N) is 3. The highest BCUT2D eigenvalue weighted by atomic mass is 16.5. The third-order valence-electron chi connectivity index (χ3n) is 3.12. The van der Waals surface area contributed by atoms with Gasteiger partial charge in [0.2, 0.25) is 0 Å². The first-order chi connectivity index (χ1) is 8.28. The fourth-order valence-corrected chi connectivity index (χ4v) is 2.05. The molecule has 6 heteroatoms. The van der Waals surface area contributed by atoms with Gasteiger partial charge in [0.1, 0.15) is 6.10 Å². The molecule has 0 radical (unpaired) electrons. The second-order valence-corrected chi connectivity index (χ2v) is 4.16. The van der Waals surface area contributed by atoms with E-state index in [-0.39, 0.29) is 12.2 Å². The average molecular weight is 240 g/mol. The molecule has 1 fully saturated rings. The first kappa shape index (κ1) is 12.3. The van der Waals surface area contributed by atoms with Crippen molar-refractivity contribution in [1.82, 2.24) is 10.1 Å². The first-order valence-corrected chi connectivity index (χ1v) is 6.22. The Morgan fingerprint density at radius 1 is 1.35 bits per heavy atom. The fourth-order valence-electron chi connectivity index (χ4n) is 2.05. The highest BCUT2D eigenvalue weighted by Gasteiger charge is 2.30. The Kier molecular flexibility index (Phi) is 3.96. The van der Waals surface area contributed by atoms with E-state index in [4.69, 9.17) is 15.0 Å². The molecular formula is C11H20N4O2. The summed E-state index contributed by atoms with van der Waals surface area (Å²) in [6.45, 7) is 6.42. The topological polar surface area (TPSA) is 77.4 Å². The lowest BCUT2D eigenvalue weighted by Crippen LogP contribution is -2.23. The number of anilines is 1. The number of hydrogen-bond donors (Lipinski definition) is 1. The minimum absolute atomic E-state index is 0.0830. The first-order valence-electron chi connectivity index (χ1n) is 6.22. The molecule has 96 valence electrons. The second kappa shape index (κ2) is 5.46. The summed E-state index contributed by atoms with van der Waals surface area (Å²) in [6, 6.07) is 0. The lowest BCUT2D eigenvalue weighted by molar-refractivity contribution is 0.0307. The van der Waals surface area contributed by atoms with Gasteiger partial charge in [-0.15, -0.1) is 0 Å². The molecule has 0 spiro atoms. The quantitative estimate of drug-likeness (QED) is 0.830. The van der Waals surface area contributed by atoms with Crippen molar-refractivity contribution in [2.75, 3.05) is 24.5 Å². The molecule has 0 aliphatic carbocycles. The Labute approximate surface area is 101 Å². The molecule has 1 aliphatic heterocycles. The van der Waals surface area contributed by atoms with Crippen LogP contribution in [0.15, 0.2) is 4.52 Å². The third kappa shape index (κ3) is 2.58. The van der Waals surface area contributed by atoms with Crippen molar-refractivity contribution in [2.45, 2.75) is 38.9 Å². The summed E-state index contributed by atoms with van der Waals surface area (Å²) in [5.41, 5.74) is 5.57. The van der Waals surface area contributed by atoms with Crippen molar-refractivity contribution < 1.29 is 9.26 Å². The lowest BCUT2D eigenvalue weighted by atomic mass is 10.2. The Hall–Kier alpha value is -1.14. The molecule has 1 aromatic heterocycles. The van der Waals surface area contributed by atoms with Gasteiger partial charge in [-0.25, -0.2) is 0 Å². The van der Waals surface area contributed by atoms with Crippen molar-refractivity contribution in [2.24, 2.45) is 5.73 Å². The number of ether oxygens (including phenoxy) is 1. The van der Waals surface area contributed by atoms with E-state index in [1.807, 2.05) is 4.90 Å². The Balaban J connectivity index is 2.03. The Bertz CT molecular complexity index is 351. The predicted molar refractivity (Wildman–Crippen MR) is 63.8 cm³/mol. The van der Waals surface area contributed by atoms with Gasteiger partial charge < -0.3 is 19.9 Å². The van der Waals surface area contributed by atoms with Crippen LogP contribution in [0.25, 0.3) is 0 Å². The molecule has 17 heavy (non-hydrogen) atoms. The molecule has 6 nitrogen and oxygen atoms in total. The van der Waals surface area contributed by atoms with Crippen LogP contribution >= 0.6 is 0 Å². The molecule has 2 rings (SSSR count). The van der Waals surface area contributed by atoms with Gasteiger partial charge in [0, 0.05) is 19.6 Å². The molecule has 0 amide bonds. The van der Waals surface area contributed by atoms with Crippen LogP contribution in [0.4, 0.5) is 5.95 Å². The van der Waals surface area contributed by atoms with Gasteiger partial charge in [0.25, 0.3) is 11.8 Å². The van der Waals surface area contributed by atoms with Crippen molar-refractivity contribution in [3.8, 4) is 0 Å². The SMILES string of the molecule is CCN(CC)c1noc(C2CCC(CN)O2)n1. The van der Waals surface area contributed by atoms with Crippen LogP contribution in [0.2, 0.25) is 0 Å². The van der Waals surface area contributed by atoms with Crippen LogP contribution in [-0.2, 0) is 4.74 Å². The monoisotopic (exact) mass is 240 g/mol. The molecule has 2 unspecified atom stereocenters. The van der Waals surface area contributed by atoms with Crippen molar-refractivity contribution in [3.05, 3.63) is 5.89 Å². The zero-order valence-electron chi connectivity index (χ0n) is 10.4. The molecule has 2 atom stereocenters. The van der Waals surface area contributed by atoms with E-state index >= 15 is 0 Å². The van der Waals surface area contributed by atoms with Crippen LogP contribution in [0.1, 0.15) is 38.7 Å². The zero-order valence-corrected chi connectivity index (χ0v) is 10.4. The smallest absolute Gasteiger partial charge is 0.266 e. The van der Waals surface area contributed by atoms with E-state index in [9.17, 15) is 0 Å². The third-order valence-corrected chi connectivity index (χ3v) is 3.12. The van der Waals surface area contributed by atoms with Crippen molar-refractivity contribution in [3.63, 3.8) is 0 Å². The minimum atomic E-state index is -0.0830. The van der Waals surface area contributed by atoms with Gasteiger partial charge in [0.15, 0.2) is 0 Å². The van der Waals surface area contributed by atoms with E-state index < -0.39 is 0 Å². The lowest BCUT2D eigenvalue weighted by Gasteiger charge is -2.14. The Morgan fingerprint density at radius 2 is 2.12 bits per heavy atom. The molecule has 0 bridgehead atoms. The predicted octanol–water partition coefficient (Wildman–Crippen LogP) is 1.09. The van der Waals surface area contributed by atoms with E-state index in [1.165, 1.54) is 0 Å². The molecule has 2 N–H and O–H groups in total. The summed E-state index contributed by atoms with van der Waals surface area (Å²) in [5, 5.41) is 3.98. The summed E-state index contributed by atoms with van der Waals surface area (Å²) in [4.78, 5) is 6.43. The van der Waals surface area contributed by atoms with Gasteiger partial charge in [-0.3, -0.25) is 0 Å². The van der Waals surface area contributed by atoms with E-state index in [1.54, 1.807) is 0 Å². The van der Waals surface area contributed by atoms with E-state index in [0.717, 1.165) is 25.9 Å². The number of rotatable bonds is 5. The molecule has 1 aromatic rings. The summed E-state index contributed by atoms with van der Waals surface area (Å²) in [5.74, 6) is 1.22. The van der Waals surface area contributed by atoms with E-state index in [0.29, 0.717) is 18.4 Å². The maximum absolute atomic E-state index is 5.72. The van der Waals surface area contributed by atoms with Crippen LogP contribution in [0, 0.1) is 0 Å². The van der Waals surface area contributed by atoms with Crippen LogP contribution in [-0.4, -0.2) is 35.9 Å². The normalized spacial score (nSPS) is 24.2. The van der Waals surface area contributed by atoms with Gasteiger partial charge >= 0.3 is 0 Å². The molecule has 1 saturated heterocycles. The molecular weight excluding hydrogens is 220 g/mol. The highest BCUT2D eigenvalue weighted by Crippen LogP contribution is 2.31. The highest BCUT2D eigenvalue weighted by molar-refractivity contribution is 5.27. The van der Waals surface area contributed by atoms with Crippen LogP contribution in [0.5, 0.6) is 0 Å². The van der Waals surface area contributed by atoms with Gasteiger partial charge in [-0.05, 0) is 31.8 Å². The van der Waals surface area contributed by atoms with E-state index in [2.05, 4.69) is 24.0 Å². The van der Waals surface area contributed by atoms with Crippen LogP contribution in [0.3, 0.4) is 0 Å². The zero-order chi connectivity index (χ0) is 12.3. The molecule has 0 saturated carbocycles. The molecule has 1 aliphatic rings. The number of aromatic nitrogens is 2. The summed E-state index contributed by atoms with van der Waals surface area (Å²) < 4.78 is 11.0. The maximum atomic E-state index is 5.72. The second-order valence-electron chi connectivity index (χ2n) is 4.16. The summed E-state index contributed by atoms with van der Waals surface area (Å²) in [6.07, 6.45) is 1.91. The number of nitrogens with two attached hydrogens (primary N) is 1. The average Bonchev–Trinajstić information content (AvgIpc) is 2.98. The minimum Gasteiger partial charge on any atom is -0.364 e. The van der Waals surface area contributed by atoms with Gasteiger partial charge in [-0.1, -0.05) is 0 Å². The van der Waals surface area contributed by atoms with Crippen molar-refractivity contribution in [1.29, 1.82) is 0 Å². The van der Waals surface area contributed by atoms with Gasteiger partial charge in [-0.2, -0.15) is 4.98 Å². The maximum Gasteiger partial charge on any atom is 0.266 e. The standard InChI is InChI=1S/C11H20N4O2/c1-3-15(4-2)11-13-10(17-14-11)9-6-5-8(7-12)16-9/h8-9H,3-7,12H2,1-2H3. The molecule has 2 heterocycles. The fraction of sp³-hybridized carbons (Fsp3) is 0.818. The summed E-state index contributed by atoms with van der Waals surface area (Å²) in [7, 11) is 0. The van der Waals surface area contributed by atoms with Crippen molar-refractivity contribution >= 4 is 5.95 Å². The van der Waals surface area contributed by atoms with Gasteiger partial charge in [0.05, 0.1) is 6.10 Å². The number of hydrogen-bond acceptors (Lipinski definition) is 6. The summed E-state index contributed by atoms with van der Waals surface area (Å²) >= 11 is 0. The molecule has 0 aromatic carbocycles. The van der Waals surface area contributed by atoms with Crippen LogP contribution < -0.4 is 10.6 Å².